The number of amides is 1. The first-order valence-corrected chi connectivity index (χ1v) is 5.69. The predicted octanol–water partition coefficient (Wildman–Crippen LogP) is 0.949. The van der Waals surface area contributed by atoms with Crippen LogP contribution >= 0.6 is 0 Å². The Kier molecular flexibility index (Phi) is 4.69. The monoisotopic (exact) mass is 241 g/mol. The number of hydrogen-bond donors (Lipinski definition) is 2. The van der Waals surface area contributed by atoms with Crippen molar-refractivity contribution in [3.8, 4) is 0 Å². The highest BCUT2D eigenvalue weighted by molar-refractivity contribution is 5.88. The van der Waals surface area contributed by atoms with Crippen LogP contribution < -0.4 is 5.32 Å². The van der Waals surface area contributed by atoms with Crippen molar-refractivity contribution in [3.63, 3.8) is 0 Å². The minimum absolute atomic E-state index is 0.0450. The van der Waals surface area contributed by atoms with Gasteiger partial charge in [0.05, 0.1) is 6.61 Å². The molecule has 5 heteroatoms. The van der Waals surface area contributed by atoms with E-state index in [9.17, 15) is 9.59 Å². The van der Waals surface area contributed by atoms with Gasteiger partial charge in [0.25, 0.3) is 0 Å². The highest BCUT2D eigenvalue weighted by Gasteiger charge is 2.36. The maximum atomic E-state index is 11.9. The normalized spacial score (nSPS) is 22.8. The molecule has 1 rings (SSSR count). The Morgan fingerprint density at radius 3 is 2.71 bits per heavy atom. The number of rotatable bonds is 5. The quantitative estimate of drug-likeness (QED) is 0.703. The summed E-state index contributed by atoms with van der Waals surface area (Å²) in [6.07, 6.45) is 6.31. The average Bonchev–Trinajstić information content (AvgIpc) is 2.30. The van der Waals surface area contributed by atoms with E-state index in [1.807, 2.05) is 12.2 Å². The van der Waals surface area contributed by atoms with Gasteiger partial charge in [-0.1, -0.05) is 12.2 Å². The fraction of sp³-hybridized carbons (Fsp3) is 0.667. The molecule has 0 fully saturated rings. The van der Waals surface area contributed by atoms with Gasteiger partial charge in [0, 0.05) is 13.0 Å². The van der Waals surface area contributed by atoms with Crippen molar-refractivity contribution >= 4 is 11.9 Å². The molecule has 0 aromatic rings. The number of nitrogens with one attached hydrogen (secondary N) is 1. The van der Waals surface area contributed by atoms with Crippen molar-refractivity contribution in [1.82, 2.24) is 5.32 Å². The molecule has 0 heterocycles. The molecule has 2 atom stereocenters. The molecule has 5 nitrogen and oxygen atoms in total. The number of ether oxygens (including phenoxy) is 1. The van der Waals surface area contributed by atoms with Crippen LogP contribution in [0.4, 0.5) is 0 Å². The number of carboxylic acids is 1. The summed E-state index contributed by atoms with van der Waals surface area (Å²) in [5.41, 5.74) is -1.35. The molecular formula is C12H19NO4. The Morgan fingerprint density at radius 1 is 1.53 bits per heavy atom. The smallest absolute Gasteiger partial charge is 0.331 e. The number of hydrogen-bond acceptors (Lipinski definition) is 3. The minimum Gasteiger partial charge on any atom is -0.479 e. The minimum atomic E-state index is -1.35. The molecule has 0 radical (unpaired) electrons. The molecule has 1 aliphatic rings. The Bertz CT molecular complexity index is 326. The van der Waals surface area contributed by atoms with Crippen molar-refractivity contribution in [2.24, 2.45) is 5.92 Å². The largest absolute Gasteiger partial charge is 0.479 e. The van der Waals surface area contributed by atoms with Gasteiger partial charge in [-0.3, -0.25) is 4.79 Å². The Hall–Kier alpha value is -1.36. The van der Waals surface area contributed by atoms with E-state index in [1.54, 1.807) is 0 Å². The summed E-state index contributed by atoms with van der Waals surface area (Å²) in [7, 11) is 1.41. The second kappa shape index (κ2) is 5.82. The molecule has 0 bridgehead atoms. The van der Waals surface area contributed by atoms with Gasteiger partial charge in [-0.25, -0.2) is 4.79 Å². The zero-order valence-corrected chi connectivity index (χ0v) is 10.2. The molecule has 0 aromatic heterocycles. The summed E-state index contributed by atoms with van der Waals surface area (Å²) < 4.78 is 4.85. The van der Waals surface area contributed by atoms with Crippen molar-refractivity contribution < 1.29 is 19.4 Å². The van der Waals surface area contributed by atoms with Crippen molar-refractivity contribution in [2.45, 2.75) is 31.7 Å². The standard InChI is InChI=1S/C12H19NO4/c1-12(8-17-2,11(15)16)13-10(14)9-6-4-3-5-7-9/h3-4,9H,5-8H2,1-2H3,(H,13,14)(H,15,16). The summed E-state index contributed by atoms with van der Waals surface area (Å²) >= 11 is 0. The molecule has 0 aromatic carbocycles. The van der Waals surface area contributed by atoms with E-state index in [0.29, 0.717) is 6.42 Å². The Morgan fingerprint density at radius 2 is 2.24 bits per heavy atom. The van der Waals surface area contributed by atoms with Crippen molar-refractivity contribution in [3.05, 3.63) is 12.2 Å². The maximum absolute atomic E-state index is 11.9. The highest BCUT2D eigenvalue weighted by Crippen LogP contribution is 2.19. The fourth-order valence-electron chi connectivity index (χ4n) is 1.85. The first-order chi connectivity index (χ1) is 7.99. The third kappa shape index (κ3) is 3.56. The second-order valence-electron chi connectivity index (χ2n) is 4.54. The van der Waals surface area contributed by atoms with Gasteiger partial charge in [0.15, 0.2) is 5.54 Å². The van der Waals surface area contributed by atoms with E-state index in [-0.39, 0.29) is 18.4 Å². The van der Waals surface area contributed by atoms with E-state index in [4.69, 9.17) is 9.84 Å². The predicted molar refractivity (Wildman–Crippen MR) is 62.5 cm³/mol. The van der Waals surface area contributed by atoms with Crippen LogP contribution in [0.25, 0.3) is 0 Å². The summed E-state index contributed by atoms with van der Waals surface area (Å²) in [4.78, 5) is 23.0. The molecule has 2 unspecified atom stereocenters. The zero-order chi connectivity index (χ0) is 12.9. The lowest BCUT2D eigenvalue weighted by atomic mass is 9.92. The van der Waals surface area contributed by atoms with E-state index in [0.717, 1.165) is 12.8 Å². The van der Waals surface area contributed by atoms with Gasteiger partial charge in [0.2, 0.25) is 5.91 Å². The third-order valence-electron chi connectivity index (χ3n) is 2.94. The number of carbonyl (C=O) groups is 2. The van der Waals surface area contributed by atoms with Crippen molar-refractivity contribution in [1.29, 1.82) is 0 Å². The van der Waals surface area contributed by atoms with Crippen LogP contribution in [0.1, 0.15) is 26.2 Å². The van der Waals surface area contributed by atoms with Crippen LogP contribution in [0.5, 0.6) is 0 Å². The van der Waals surface area contributed by atoms with Gasteiger partial charge >= 0.3 is 5.97 Å². The van der Waals surface area contributed by atoms with Crippen LogP contribution in [0.15, 0.2) is 12.2 Å². The Labute approximate surface area is 101 Å². The molecule has 0 spiro atoms. The SMILES string of the molecule is COCC(C)(NC(=O)C1CC=CCC1)C(=O)O. The van der Waals surface area contributed by atoms with Crippen molar-refractivity contribution in [2.75, 3.05) is 13.7 Å². The first-order valence-electron chi connectivity index (χ1n) is 5.69. The second-order valence-corrected chi connectivity index (χ2v) is 4.54. The number of allylic oxidation sites excluding steroid dienone is 2. The van der Waals surface area contributed by atoms with Crippen LogP contribution in [0.2, 0.25) is 0 Å². The first kappa shape index (κ1) is 13.7. The number of aliphatic carboxylic acids is 1. The molecule has 1 amide bonds. The van der Waals surface area contributed by atoms with Gasteiger partial charge in [-0.15, -0.1) is 0 Å². The lowest BCUT2D eigenvalue weighted by Gasteiger charge is -2.28. The zero-order valence-electron chi connectivity index (χ0n) is 10.2. The number of methoxy groups -OCH3 is 1. The molecule has 2 N–H and O–H groups in total. The van der Waals surface area contributed by atoms with E-state index in [1.165, 1.54) is 14.0 Å². The summed E-state index contributed by atoms with van der Waals surface area (Å²) in [6.45, 7) is 1.41. The topological polar surface area (TPSA) is 75.6 Å². The number of carboxylic acid groups (broad SMARTS) is 1. The maximum Gasteiger partial charge on any atom is 0.331 e. The van der Waals surface area contributed by atoms with E-state index in [2.05, 4.69) is 5.32 Å². The number of carbonyl (C=O) groups excluding carboxylic acids is 1. The molecule has 0 saturated carbocycles. The van der Waals surface area contributed by atoms with Crippen LogP contribution in [-0.4, -0.2) is 36.2 Å². The Balaban J connectivity index is 2.63. The van der Waals surface area contributed by atoms with Crippen LogP contribution in [0, 0.1) is 5.92 Å². The van der Waals surface area contributed by atoms with Gasteiger partial charge in [-0.2, -0.15) is 0 Å². The van der Waals surface area contributed by atoms with Gasteiger partial charge in [0.1, 0.15) is 0 Å². The van der Waals surface area contributed by atoms with E-state index >= 15 is 0 Å². The lowest BCUT2D eigenvalue weighted by molar-refractivity contribution is -0.150. The summed E-state index contributed by atoms with van der Waals surface area (Å²) in [6, 6.07) is 0. The molecule has 1 aliphatic carbocycles. The van der Waals surface area contributed by atoms with Gasteiger partial charge < -0.3 is 15.2 Å². The highest BCUT2D eigenvalue weighted by atomic mass is 16.5. The molecular weight excluding hydrogens is 222 g/mol. The molecule has 0 aliphatic heterocycles. The van der Waals surface area contributed by atoms with Crippen LogP contribution in [-0.2, 0) is 14.3 Å². The van der Waals surface area contributed by atoms with Crippen LogP contribution in [0.3, 0.4) is 0 Å². The van der Waals surface area contributed by atoms with E-state index < -0.39 is 11.5 Å². The summed E-state index contributed by atoms with van der Waals surface area (Å²) in [5.74, 6) is -1.43. The summed E-state index contributed by atoms with van der Waals surface area (Å²) in [5, 5.41) is 11.7. The molecule has 0 saturated heterocycles. The fourth-order valence-corrected chi connectivity index (χ4v) is 1.85. The lowest BCUT2D eigenvalue weighted by Crippen LogP contribution is -2.56. The molecule has 17 heavy (non-hydrogen) atoms. The van der Waals surface area contributed by atoms with Gasteiger partial charge in [-0.05, 0) is 26.2 Å². The molecule has 96 valence electrons. The third-order valence-corrected chi connectivity index (χ3v) is 2.94. The average molecular weight is 241 g/mol.